The molecule has 0 heterocycles. The highest BCUT2D eigenvalue weighted by atomic mass is 16.4. The van der Waals surface area contributed by atoms with Crippen molar-refractivity contribution in [1.82, 2.24) is 5.32 Å². The van der Waals surface area contributed by atoms with Gasteiger partial charge in [-0.3, -0.25) is 10.1 Å². The standard InChI is InChI=1S/C14H27NO2/c1-6-10(3)8-14(7-2,12(16)17)15-11-9-13(11,4)5/h10-11,15H,6-9H2,1-5H3,(H,16,17). The van der Waals surface area contributed by atoms with E-state index in [9.17, 15) is 9.90 Å². The summed E-state index contributed by atoms with van der Waals surface area (Å²) < 4.78 is 0. The van der Waals surface area contributed by atoms with Crippen LogP contribution in [0.1, 0.15) is 60.3 Å². The van der Waals surface area contributed by atoms with E-state index in [1.165, 1.54) is 0 Å². The first-order valence-corrected chi connectivity index (χ1v) is 6.78. The Hall–Kier alpha value is -0.570. The predicted octanol–water partition coefficient (Wildman–Crippen LogP) is 3.04. The Bertz CT molecular complexity index is 288. The Kier molecular flexibility index (Phi) is 4.23. The van der Waals surface area contributed by atoms with Crippen LogP contribution in [0.25, 0.3) is 0 Å². The number of carboxylic acids is 1. The molecule has 1 rings (SSSR count). The van der Waals surface area contributed by atoms with Crippen molar-refractivity contribution in [3.8, 4) is 0 Å². The number of nitrogens with one attached hydrogen (secondary N) is 1. The smallest absolute Gasteiger partial charge is 0.323 e. The van der Waals surface area contributed by atoms with Gasteiger partial charge in [0.1, 0.15) is 5.54 Å². The van der Waals surface area contributed by atoms with E-state index < -0.39 is 11.5 Å². The first-order chi connectivity index (χ1) is 7.77. The van der Waals surface area contributed by atoms with Crippen LogP contribution in [-0.4, -0.2) is 22.7 Å². The zero-order chi connectivity index (χ0) is 13.3. The average Bonchev–Trinajstić information content (AvgIpc) is 2.84. The maximum absolute atomic E-state index is 11.6. The van der Waals surface area contributed by atoms with Crippen LogP contribution >= 0.6 is 0 Å². The molecular weight excluding hydrogens is 214 g/mol. The molecule has 0 amide bonds. The van der Waals surface area contributed by atoms with Crippen molar-refractivity contribution in [2.24, 2.45) is 11.3 Å². The lowest BCUT2D eigenvalue weighted by atomic mass is 9.84. The number of hydrogen-bond acceptors (Lipinski definition) is 2. The van der Waals surface area contributed by atoms with Crippen LogP contribution in [0.2, 0.25) is 0 Å². The maximum Gasteiger partial charge on any atom is 0.323 e. The fourth-order valence-corrected chi connectivity index (χ4v) is 2.39. The largest absolute Gasteiger partial charge is 0.480 e. The first-order valence-electron chi connectivity index (χ1n) is 6.78. The molecule has 1 fully saturated rings. The van der Waals surface area contributed by atoms with Gasteiger partial charge in [-0.05, 0) is 30.6 Å². The number of hydrogen-bond donors (Lipinski definition) is 2. The molecule has 3 unspecified atom stereocenters. The predicted molar refractivity (Wildman–Crippen MR) is 70.1 cm³/mol. The Labute approximate surface area is 105 Å². The minimum Gasteiger partial charge on any atom is -0.480 e. The van der Waals surface area contributed by atoms with Crippen LogP contribution in [0.5, 0.6) is 0 Å². The molecule has 1 saturated carbocycles. The van der Waals surface area contributed by atoms with Gasteiger partial charge in [-0.15, -0.1) is 0 Å². The molecule has 0 saturated heterocycles. The van der Waals surface area contributed by atoms with E-state index in [4.69, 9.17) is 0 Å². The van der Waals surface area contributed by atoms with Crippen molar-refractivity contribution in [1.29, 1.82) is 0 Å². The summed E-state index contributed by atoms with van der Waals surface area (Å²) in [6.07, 6.45) is 3.49. The van der Waals surface area contributed by atoms with Crippen LogP contribution in [0, 0.1) is 11.3 Å². The quantitative estimate of drug-likeness (QED) is 0.720. The summed E-state index contributed by atoms with van der Waals surface area (Å²) in [6.45, 7) is 10.6. The topological polar surface area (TPSA) is 49.3 Å². The SMILES string of the molecule is CCC(C)CC(CC)(NC1CC1(C)C)C(=O)O. The minimum atomic E-state index is -0.728. The van der Waals surface area contributed by atoms with Gasteiger partial charge in [-0.25, -0.2) is 0 Å². The van der Waals surface area contributed by atoms with E-state index in [1.54, 1.807) is 0 Å². The van der Waals surface area contributed by atoms with E-state index in [0.29, 0.717) is 18.4 Å². The third-order valence-electron chi connectivity index (χ3n) is 4.37. The van der Waals surface area contributed by atoms with Gasteiger partial charge in [0.2, 0.25) is 0 Å². The van der Waals surface area contributed by atoms with Crippen molar-refractivity contribution in [2.75, 3.05) is 0 Å². The number of rotatable bonds is 7. The van der Waals surface area contributed by atoms with Crippen molar-refractivity contribution in [3.63, 3.8) is 0 Å². The van der Waals surface area contributed by atoms with E-state index >= 15 is 0 Å². The summed E-state index contributed by atoms with van der Waals surface area (Å²) in [7, 11) is 0. The van der Waals surface area contributed by atoms with Crippen LogP contribution in [0.3, 0.4) is 0 Å². The fraction of sp³-hybridized carbons (Fsp3) is 0.929. The first kappa shape index (κ1) is 14.5. The molecule has 0 aliphatic heterocycles. The third kappa shape index (κ3) is 3.21. The molecule has 0 aromatic carbocycles. The lowest BCUT2D eigenvalue weighted by Gasteiger charge is -2.32. The van der Waals surface area contributed by atoms with Gasteiger partial charge in [0, 0.05) is 6.04 Å². The minimum absolute atomic E-state index is 0.269. The molecule has 2 N–H and O–H groups in total. The van der Waals surface area contributed by atoms with Crippen LogP contribution in [-0.2, 0) is 4.79 Å². The number of carbonyl (C=O) groups is 1. The lowest BCUT2D eigenvalue weighted by molar-refractivity contribution is -0.146. The van der Waals surface area contributed by atoms with E-state index in [1.807, 2.05) is 6.92 Å². The zero-order valence-corrected chi connectivity index (χ0v) is 11.8. The summed E-state index contributed by atoms with van der Waals surface area (Å²) in [5.41, 5.74) is -0.459. The summed E-state index contributed by atoms with van der Waals surface area (Å²) in [5, 5.41) is 13.0. The molecule has 3 atom stereocenters. The molecular formula is C14H27NO2. The summed E-state index contributed by atoms with van der Waals surface area (Å²) in [6, 6.07) is 0.364. The molecule has 3 nitrogen and oxygen atoms in total. The molecule has 0 aromatic rings. The summed E-state index contributed by atoms with van der Waals surface area (Å²) in [4.78, 5) is 11.6. The molecule has 0 radical (unpaired) electrons. The van der Waals surface area contributed by atoms with Gasteiger partial charge >= 0.3 is 5.97 Å². The molecule has 1 aliphatic rings. The van der Waals surface area contributed by atoms with Gasteiger partial charge in [-0.1, -0.05) is 41.0 Å². The second-order valence-corrected chi connectivity index (χ2v) is 6.35. The molecule has 17 heavy (non-hydrogen) atoms. The molecule has 0 bridgehead atoms. The Balaban J connectivity index is 2.74. The van der Waals surface area contributed by atoms with Crippen LogP contribution < -0.4 is 5.32 Å². The molecule has 100 valence electrons. The van der Waals surface area contributed by atoms with Gasteiger partial charge < -0.3 is 5.11 Å². The summed E-state index contributed by atoms with van der Waals surface area (Å²) in [5.74, 6) is -0.247. The Morgan fingerprint density at radius 2 is 2.06 bits per heavy atom. The van der Waals surface area contributed by atoms with Gasteiger partial charge in [-0.2, -0.15) is 0 Å². The molecule has 0 spiro atoms. The molecule has 3 heteroatoms. The van der Waals surface area contributed by atoms with Crippen LogP contribution in [0.15, 0.2) is 0 Å². The van der Waals surface area contributed by atoms with E-state index in [-0.39, 0.29) is 5.41 Å². The lowest BCUT2D eigenvalue weighted by Crippen LogP contribution is -2.54. The van der Waals surface area contributed by atoms with Crippen molar-refractivity contribution in [3.05, 3.63) is 0 Å². The van der Waals surface area contributed by atoms with Gasteiger partial charge in [0.25, 0.3) is 0 Å². The highest BCUT2D eigenvalue weighted by molar-refractivity contribution is 5.79. The number of carboxylic acid groups (broad SMARTS) is 1. The third-order valence-corrected chi connectivity index (χ3v) is 4.37. The summed E-state index contributed by atoms with van der Waals surface area (Å²) >= 11 is 0. The van der Waals surface area contributed by atoms with E-state index in [2.05, 4.69) is 33.0 Å². The second kappa shape index (κ2) is 4.97. The van der Waals surface area contributed by atoms with Gasteiger partial charge in [0.05, 0.1) is 0 Å². The average molecular weight is 241 g/mol. The van der Waals surface area contributed by atoms with Crippen molar-refractivity contribution < 1.29 is 9.90 Å². The van der Waals surface area contributed by atoms with Crippen LogP contribution in [0.4, 0.5) is 0 Å². The van der Waals surface area contributed by atoms with Crippen molar-refractivity contribution >= 4 is 5.97 Å². The highest BCUT2D eigenvalue weighted by Gasteiger charge is 2.51. The van der Waals surface area contributed by atoms with E-state index in [0.717, 1.165) is 19.3 Å². The van der Waals surface area contributed by atoms with Gasteiger partial charge in [0.15, 0.2) is 0 Å². The van der Waals surface area contributed by atoms with Crippen molar-refractivity contribution in [2.45, 2.75) is 71.9 Å². The molecule has 1 aliphatic carbocycles. The fourth-order valence-electron chi connectivity index (χ4n) is 2.39. The maximum atomic E-state index is 11.6. The normalized spacial score (nSPS) is 27.2. The Morgan fingerprint density at radius 1 is 1.53 bits per heavy atom. The monoisotopic (exact) mass is 241 g/mol. The second-order valence-electron chi connectivity index (χ2n) is 6.35. The number of aliphatic carboxylic acids is 1. The highest BCUT2D eigenvalue weighted by Crippen LogP contribution is 2.46. The Morgan fingerprint density at radius 3 is 2.35 bits per heavy atom. The zero-order valence-electron chi connectivity index (χ0n) is 11.8. The molecule has 0 aromatic heterocycles.